The van der Waals surface area contributed by atoms with Crippen LogP contribution >= 0.6 is 0 Å². The predicted octanol–water partition coefficient (Wildman–Crippen LogP) is 3.27. The molecule has 0 fully saturated rings. The summed E-state index contributed by atoms with van der Waals surface area (Å²) in [6, 6.07) is 12.5. The number of aryl methyl sites for hydroxylation is 1. The maximum absolute atomic E-state index is 12.8. The molecule has 2 N–H and O–H groups in total. The number of H-pyrrole nitrogens is 1. The van der Waals surface area contributed by atoms with Gasteiger partial charge in [-0.15, -0.1) is 0 Å². The molecule has 4 rings (SSSR count). The first-order chi connectivity index (χ1) is 13.9. The molecule has 0 spiro atoms. The Morgan fingerprint density at radius 1 is 1.17 bits per heavy atom. The van der Waals surface area contributed by atoms with E-state index in [9.17, 15) is 18.0 Å². The minimum atomic E-state index is -4.45. The lowest BCUT2D eigenvalue weighted by molar-refractivity contribution is -0.137. The smallest absolute Gasteiger partial charge is 0.313 e. The monoisotopic (exact) mass is 402 g/mol. The molecule has 0 aliphatic heterocycles. The van der Waals surface area contributed by atoms with Crippen LogP contribution in [0.3, 0.4) is 0 Å². The Hall–Kier alpha value is -2.87. The zero-order chi connectivity index (χ0) is 20.4. The number of nitrogens with zero attached hydrogens (tertiary/aromatic N) is 2. The summed E-state index contributed by atoms with van der Waals surface area (Å²) in [4.78, 5) is 16.6. The third kappa shape index (κ3) is 4.27. The van der Waals surface area contributed by atoms with Crippen LogP contribution in [-0.4, -0.2) is 27.4 Å². The fourth-order valence-corrected chi connectivity index (χ4v) is 3.69. The van der Waals surface area contributed by atoms with Crippen LogP contribution in [0.25, 0.3) is 5.82 Å². The van der Waals surface area contributed by atoms with E-state index in [2.05, 4.69) is 27.5 Å². The summed E-state index contributed by atoms with van der Waals surface area (Å²) in [6.45, 7) is 0.823. The number of pyridine rings is 1. The summed E-state index contributed by atoms with van der Waals surface area (Å²) in [7, 11) is 0. The minimum absolute atomic E-state index is 0.158. The number of hydrogen-bond acceptors (Lipinski definition) is 3. The molecule has 0 radical (unpaired) electrons. The molecular weight excluding hydrogens is 381 g/mol. The van der Waals surface area contributed by atoms with E-state index in [1.165, 1.54) is 16.3 Å². The summed E-state index contributed by atoms with van der Waals surface area (Å²) < 4.78 is 39.4. The largest absolute Gasteiger partial charge is 0.417 e. The molecule has 0 saturated heterocycles. The van der Waals surface area contributed by atoms with E-state index in [1.807, 2.05) is 18.2 Å². The van der Waals surface area contributed by atoms with Gasteiger partial charge in [-0.25, -0.2) is 9.67 Å². The molecule has 0 bridgehead atoms. The summed E-state index contributed by atoms with van der Waals surface area (Å²) in [5.74, 6) is 0.158. The third-order valence-electron chi connectivity index (χ3n) is 5.26. The fourth-order valence-electron chi connectivity index (χ4n) is 3.69. The summed E-state index contributed by atoms with van der Waals surface area (Å²) >= 11 is 0. The fraction of sp³-hybridized carbons (Fsp3) is 0.333. The summed E-state index contributed by atoms with van der Waals surface area (Å²) in [5.41, 5.74) is 1.68. The van der Waals surface area contributed by atoms with Gasteiger partial charge in [-0.05, 0) is 49.9 Å². The normalized spacial score (nSPS) is 16.6. The topological polar surface area (TPSA) is 62.7 Å². The predicted molar refractivity (Wildman–Crippen MR) is 103 cm³/mol. The number of aromatic nitrogens is 3. The van der Waals surface area contributed by atoms with Gasteiger partial charge in [-0.3, -0.25) is 9.89 Å². The number of hydrogen-bond donors (Lipinski definition) is 2. The number of benzene rings is 1. The van der Waals surface area contributed by atoms with Crippen LogP contribution in [0.15, 0.2) is 53.5 Å². The van der Waals surface area contributed by atoms with Gasteiger partial charge in [0.1, 0.15) is 0 Å². The highest BCUT2D eigenvalue weighted by atomic mass is 19.4. The summed E-state index contributed by atoms with van der Waals surface area (Å²) in [6.07, 6.45) is -0.604. The van der Waals surface area contributed by atoms with Gasteiger partial charge in [0.15, 0.2) is 5.82 Å². The first kappa shape index (κ1) is 19.4. The molecule has 1 unspecified atom stereocenters. The van der Waals surface area contributed by atoms with Crippen molar-refractivity contribution in [1.82, 2.24) is 20.1 Å². The lowest BCUT2D eigenvalue weighted by atomic mass is 9.93. The zero-order valence-electron chi connectivity index (χ0n) is 15.7. The molecular formula is C21H21F3N4O. The van der Waals surface area contributed by atoms with Crippen molar-refractivity contribution in [2.75, 3.05) is 6.54 Å². The van der Waals surface area contributed by atoms with E-state index in [0.717, 1.165) is 37.3 Å². The number of alkyl halides is 3. The second kappa shape index (κ2) is 7.87. The molecule has 5 nitrogen and oxygen atoms in total. The highest BCUT2D eigenvalue weighted by Gasteiger charge is 2.31. The molecule has 8 heteroatoms. The Labute approximate surface area is 165 Å². The highest BCUT2D eigenvalue weighted by molar-refractivity contribution is 5.31. The van der Waals surface area contributed by atoms with Gasteiger partial charge in [-0.2, -0.15) is 13.2 Å². The average Bonchev–Trinajstić information content (AvgIpc) is 3.04. The van der Waals surface area contributed by atoms with E-state index < -0.39 is 11.7 Å². The second-order valence-corrected chi connectivity index (χ2v) is 7.24. The van der Waals surface area contributed by atoms with Crippen molar-refractivity contribution in [3.63, 3.8) is 0 Å². The minimum Gasteiger partial charge on any atom is -0.313 e. The van der Waals surface area contributed by atoms with Crippen molar-refractivity contribution in [3.8, 4) is 5.82 Å². The van der Waals surface area contributed by atoms with Crippen LogP contribution in [0, 0.1) is 0 Å². The van der Waals surface area contributed by atoms with Crippen molar-refractivity contribution in [2.24, 2.45) is 0 Å². The van der Waals surface area contributed by atoms with Gasteiger partial charge in [0.2, 0.25) is 0 Å². The van der Waals surface area contributed by atoms with Crippen molar-refractivity contribution in [1.29, 1.82) is 0 Å². The van der Waals surface area contributed by atoms with Crippen molar-refractivity contribution in [3.05, 3.63) is 81.4 Å². The molecule has 2 heterocycles. The van der Waals surface area contributed by atoms with Crippen molar-refractivity contribution in [2.45, 2.75) is 37.9 Å². The third-order valence-corrected chi connectivity index (χ3v) is 5.26. The van der Waals surface area contributed by atoms with Gasteiger partial charge in [0.25, 0.3) is 5.56 Å². The molecule has 1 aliphatic rings. The van der Waals surface area contributed by atoms with E-state index in [1.54, 1.807) is 0 Å². The Balaban J connectivity index is 1.44. The highest BCUT2D eigenvalue weighted by Crippen LogP contribution is 2.28. The molecule has 2 aromatic heterocycles. The van der Waals surface area contributed by atoms with E-state index in [4.69, 9.17) is 0 Å². The second-order valence-electron chi connectivity index (χ2n) is 7.24. The molecule has 1 atom stereocenters. The number of aromatic amines is 1. The van der Waals surface area contributed by atoms with Gasteiger partial charge in [0.05, 0.1) is 5.56 Å². The van der Waals surface area contributed by atoms with Crippen LogP contribution in [0.2, 0.25) is 0 Å². The van der Waals surface area contributed by atoms with Crippen molar-refractivity contribution < 1.29 is 13.2 Å². The summed E-state index contributed by atoms with van der Waals surface area (Å²) in [5, 5.41) is 6.52. The molecule has 29 heavy (non-hydrogen) atoms. The molecule has 1 aliphatic carbocycles. The first-order valence-corrected chi connectivity index (χ1v) is 9.55. The van der Waals surface area contributed by atoms with Crippen LogP contribution in [0.4, 0.5) is 13.2 Å². The number of rotatable bonds is 5. The Morgan fingerprint density at radius 3 is 2.66 bits per heavy atom. The van der Waals surface area contributed by atoms with E-state index in [0.29, 0.717) is 18.4 Å². The Morgan fingerprint density at radius 2 is 1.97 bits per heavy atom. The van der Waals surface area contributed by atoms with Crippen LogP contribution < -0.4 is 10.9 Å². The van der Waals surface area contributed by atoms with Crippen LogP contribution in [0.1, 0.15) is 28.8 Å². The van der Waals surface area contributed by atoms with Crippen molar-refractivity contribution >= 4 is 0 Å². The number of nitrogens with one attached hydrogen (secondary N) is 2. The molecule has 1 aromatic carbocycles. The van der Waals surface area contributed by atoms with Crippen LogP contribution in [0.5, 0.6) is 0 Å². The number of halogens is 3. The van der Waals surface area contributed by atoms with Gasteiger partial charge in [0, 0.05) is 23.5 Å². The number of fused-ring (bicyclic) bond motifs is 1. The lowest BCUT2D eigenvalue weighted by Gasteiger charge is -2.22. The van der Waals surface area contributed by atoms with Gasteiger partial charge >= 0.3 is 6.18 Å². The Bertz CT molecular complexity index is 1020. The SMILES string of the molecule is O=c1c2c([nH]n1-c1ccc(C(F)(F)F)cn1)CCC(NCCc1ccccc1)C2. The Kier molecular flexibility index (Phi) is 5.27. The molecule has 3 aromatic rings. The quantitative estimate of drug-likeness (QED) is 0.689. The van der Waals surface area contributed by atoms with E-state index in [-0.39, 0.29) is 17.4 Å². The molecule has 0 amide bonds. The first-order valence-electron chi connectivity index (χ1n) is 9.55. The van der Waals surface area contributed by atoms with E-state index >= 15 is 0 Å². The standard InChI is InChI=1S/C21H21F3N4O/c22-21(23,24)15-6-9-19(26-13-15)28-20(29)17-12-16(7-8-18(17)27-28)25-11-10-14-4-2-1-3-5-14/h1-6,9,13,16,25,27H,7-8,10-12H2. The average molecular weight is 402 g/mol. The van der Waals surface area contributed by atoms with Crippen LogP contribution in [-0.2, 0) is 25.4 Å². The molecule has 0 saturated carbocycles. The maximum Gasteiger partial charge on any atom is 0.417 e. The maximum atomic E-state index is 12.8. The van der Waals surface area contributed by atoms with Gasteiger partial charge in [-0.1, -0.05) is 30.3 Å². The lowest BCUT2D eigenvalue weighted by Crippen LogP contribution is -2.37. The molecule has 152 valence electrons. The van der Waals surface area contributed by atoms with Gasteiger partial charge < -0.3 is 5.32 Å². The zero-order valence-corrected chi connectivity index (χ0v) is 15.7.